The minimum atomic E-state index is -2.57. The first-order chi connectivity index (χ1) is 29.7. The molecule has 3 aromatic carbocycles. The highest BCUT2D eigenvalue weighted by molar-refractivity contribution is 6.15. The summed E-state index contributed by atoms with van der Waals surface area (Å²) in [5, 5.41) is 105. The maximum atomic E-state index is 12.6. The molecule has 8 rings (SSSR count). The number of nitrogens with zero attached hydrogens (tertiary/aromatic N) is 3. The SMILES string of the molecule is [NH2+]=C1C=CC(C(O)C(CO)Oc2ccc(C3C=C(O)c4c(cc(OC5OC(C(=O)O)C(O)(CC6=NC=NC6)C(O)C5O)c(OC5(c6cccc(O)c6)CCCC5)c4O)O3)cc2)=N1. The number of phenols is 2. The molecule has 0 spiro atoms. The quantitative estimate of drug-likeness (QED) is 0.107. The average Bonchev–Trinajstić information content (AvgIpc) is 4.05. The average molecular weight is 858 g/mol. The summed E-state index contributed by atoms with van der Waals surface area (Å²) in [6.07, 6.45) is -4.43. The first kappa shape index (κ1) is 42.3. The highest BCUT2D eigenvalue weighted by Gasteiger charge is 2.59. The van der Waals surface area contributed by atoms with Gasteiger partial charge in [-0.05, 0) is 72.1 Å². The number of nitrogens with two attached hydrogens (primary N) is 1. The van der Waals surface area contributed by atoms with Gasteiger partial charge in [0.2, 0.25) is 12.0 Å². The molecule has 0 bridgehead atoms. The number of hydrogen-bond donors (Lipinski definition) is 10. The molecule has 326 valence electrons. The highest BCUT2D eigenvalue weighted by Crippen LogP contribution is 2.55. The summed E-state index contributed by atoms with van der Waals surface area (Å²) in [7, 11) is 0. The Morgan fingerprint density at radius 3 is 2.44 bits per heavy atom. The number of phenolic OH excluding ortho intramolecular Hbond substituents is 2. The van der Waals surface area contributed by atoms with Crippen LogP contribution in [-0.4, -0.2) is 131 Å². The van der Waals surface area contributed by atoms with Gasteiger partial charge in [0, 0.05) is 30.4 Å². The first-order valence-corrected chi connectivity index (χ1v) is 19.8. The number of carboxylic acid groups (broad SMARTS) is 1. The maximum absolute atomic E-state index is 12.6. The van der Waals surface area contributed by atoms with Gasteiger partial charge in [0.15, 0.2) is 35.5 Å². The van der Waals surface area contributed by atoms with E-state index in [9.17, 15) is 50.8 Å². The zero-order chi connectivity index (χ0) is 43.9. The predicted molar refractivity (Wildman–Crippen MR) is 218 cm³/mol. The van der Waals surface area contributed by atoms with Crippen LogP contribution in [0.1, 0.15) is 54.9 Å². The van der Waals surface area contributed by atoms with Crippen molar-refractivity contribution in [2.75, 3.05) is 13.2 Å². The molecule has 19 nitrogen and oxygen atoms in total. The van der Waals surface area contributed by atoms with Gasteiger partial charge < -0.3 is 69.6 Å². The molecule has 4 aliphatic heterocycles. The second-order valence-electron chi connectivity index (χ2n) is 15.6. The highest BCUT2D eigenvalue weighted by atomic mass is 16.7. The Morgan fingerprint density at radius 2 is 1.79 bits per heavy atom. The minimum absolute atomic E-state index is 0.0335. The molecule has 8 atom stereocenters. The lowest BCUT2D eigenvalue weighted by molar-refractivity contribution is -0.303. The summed E-state index contributed by atoms with van der Waals surface area (Å²) >= 11 is 0. The molecule has 62 heavy (non-hydrogen) atoms. The molecule has 3 aromatic rings. The van der Waals surface area contributed by atoms with E-state index in [1.807, 2.05) is 0 Å². The van der Waals surface area contributed by atoms with Crippen molar-refractivity contribution in [1.82, 2.24) is 0 Å². The molecule has 2 fully saturated rings. The van der Waals surface area contributed by atoms with Crippen LogP contribution in [-0.2, 0) is 15.1 Å². The molecule has 0 radical (unpaired) electrons. The number of aliphatic hydroxyl groups is 6. The van der Waals surface area contributed by atoms with Crippen molar-refractivity contribution in [2.24, 2.45) is 15.0 Å². The second-order valence-corrected chi connectivity index (χ2v) is 15.6. The lowest BCUT2D eigenvalue weighted by Gasteiger charge is -2.46. The predicted octanol–water partition coefficient (Wildman–Crippen LogP) is 0.762. The Labute approximate surface area is 353 Å². The number of aliphatic carboxylic acids is 1. The van der Waals surface area contributed by atoms with E-state index in [1.54, 1.807) is 36.4 Å². The van der Waals surface area contributed by atoms with E-state index < -0.39 is 84.6 Å². The molecule has 0 amide bonds. The number of aliphatic imine (C=N–C) groups is 3. The van der Waals surface area contributed by atoms with Gasteiger partial charge in [-0.25, -0.2) is 9.79 Å². The Morgan fingerprint density at radius 1 is 1.03 bits per heavy atom. The van der Waals surface area contributed by atoms with Crippen molar-refractivity contribution in [1.29, 1.82) is 0 Å². The molecule has 1 aliphatic carbocycles. The lowest BCUT2D eigenvalue weighted by atomic mass is 9.80. The van der Waals surface area contributed by atoms with Crippen LogP contribution in [0.4, 0.5) is 0 Å². The first-order valence-electron chi connectivity index (χ1n) is 19.8. The van der Waals surface area contributed by atoms with Crippen molar-refractivity contribution in [3.63, 3.8) is 0 Å². The van der Waals surface area contributed by atoms with Crippen molar-refractivity contribution < 1.29 is 79.8 Å². The molecule has 4 heterocycles. The van der Waals surface area contributed by atoms with Crippen LogP contribution >= 0.6 is 0 Å². The van der Waals surface area contributed by atoms with E-state index >= 15 is 0 Å². The van der Waals surface area contributed by atoms with Gasteiger partial charge in [-0.1, -0.05) is 24.3 Å². The topological polar surface area (TPSA) is 308 Å². The van der Waals surface area contributed by atoms with Gasteiger partial charge in [0.25, 0.3) is 0 Å². The number of benzene rings is 3. The normalized spacial score (nSPS) is 27.1. The third-order valence-corrected chi connectivity index (χ3v) is 11.5. The third-order valence-electron chi connectivity index (χ3n) is 11.5. The summed E-state index contributed by atoms with van der Waals surface area (Å²) in [4.78, 5) is 24.5. The van der Waals surface area contributed by atoms with Crippen LogP contribution in [0.5, 0.6) is 34.5 Å². The van der Waals surface area contributed by atoms with E-state index in [0.29, 0.717) is 36.8 Å². The molecule has 1 saturated carbocycles. The zero-order valence-electron chi connectivity index (χ0n) is 32.9. The third kappa shape index (κ3) is 7.96. The number of aromatic hydroxyl groups is 2. The van der Waals surface area contributed by atoms with E-state index in [1.165, 1.54) is 42.8 Å². The largest absolute Gasteiger partial charge is 0.508 e. The fourth-order valence-corrected chi connectivity index (χ4v) is 8.30. The number of rotatable bonds is 14. The number of fused-ring (bicyclic) bond motifs is 1. The smallest absolute Gasteiger partial charge is 0.336 e. The summed E-state index contributed by atoms with van der Waals surface area (Å²) in [5.41, 5.74) is -2.41. The standard InChI is InChI=1S/C43H44N4O15/c44-32-11-10-26(47-32)34(51)31(19-48)58-25-8-6-21(7-9-25)28-15-27(50)33-29(59-28)16-30(37(35(33)52)62-42(12-1-2-13-42)22-4-3-5-24(49)14-22)60-41-36(53)38(54)43(57,39(61-41)40(55)56)17-23-18-45-20-46-23/h3-11,14-16,20,28,31,34,36,38-39,41,44,48-54,57H,1-2,12-13,17-19H2,(H,55,56)/p+1. The van der Waals surface area contributed by atoms with Crippen LogP contribution in [0.25, 0.3) is 5.76 Å². The molecular formula is C43H45N4O15+. The number of amidine groups is 1. The Hall–Kier alpha value is -6.35. The number of ether oxygens (including phenoxy) is 5. The summed E-state index contributed by atoms with van der Waals surface area (Å²) < 4.78 is 30.6. The van der Waals surface area contributed by atoms with Crippen molar-refractivity contribution >= 4 is 35.3 Å². The number of hydrogen-bond acceptors (Lipinski definition) is 16. The van der Waals surface area contributed by atoms with E-state index in [2.05, 4.69) is 15.0 Å². The van der Waals surface area contributed by atoms with E-state index in [4.69, 9.17) is 29.1 Å². The Kier molecular flexibility index (Phi) is 11.5. The summed E-state index contributed by atoms with van der Waals surface area (Å²) in [6.45, 7) is -0.514. The van der Waals surface area contributed by atoms with Gasteiger partial charge in [0.05, 0.1) is 13.2 Å². The van der Waals surface area contributed by atoms with E-state index in [0.717, 1.165) is 0 Å². The second kappa shape index (κ2) is 16.8. The monoisotopic (exact) mass is 857 g/mol. The number of aliphatic hydroxyl groups excluding tert-OH is 5. The van der Waals surface area contributed by atoms with Gasteiger partial charge in [-0.3, -0.25) is 10.4 Å². The lowest BCUT2D eigenvalue weighted by Crippen LogP contribution is -2.69. The molecule has 19 heteroatoms. The molecule has 0 aromatic heterocycles. The molecule has 8 unspecified atom stereocenters. The number of carboxylic acids is 1. The molecule has 11 N–H and O–H groups in total. The van der Waals surface area contributed by atoms with Crippen molar-refractivity contribution in [3.05, 3.63) is 89.5 Å². The van der Waals surface area contributed by atoms with Crippen LogP contribution in [0.2, 0.25) is 0 Å². The van der Waals surface area contributed by atoms with Gasteiger partial charge in [-0.15, -0.1) is 0 Å². The summed E-state index contributed by atoms with van der Waals surface area (Å²) in [6, 6.07) is 13.9. The van der Waals surface area contributed by atoms with Crippen LogP contribution in [0.15, 0.2) is 87.8 Å². The Balaban J connectivity index is 1.12. The molecule has 1 saturated heterocycles. The van der Waals surface area contributed by atoms with Crippen molar-refractivity contribution in [3.8, 4) is 34.5 Å². The minimum Gasteiger partial charge on any atom is -0.508 e. The molecular weight excluding hydrogens is 812 g/mol. The summed E-state index contributed by atoms with van der Waals surface area (Å²) in [5.74, 6) is -3.21. The van der Waals surface area contributed by atoms with Crippen molar-refractivity contribution in [2.45, 2.75) is 86.2 Å². The fourth-order valence-electron chi connectivity index (χ4n) is 8.30. The molecule has 5 aliphatic rings. The van der Waals surface area contributed by atoms with Gasteiger partial charge in [0.1, 0.15) is 64.4 Å². The van der Waals surface area contributed by atoms with E-state index in [-0.39, 0.29) is 58.1 Å². The van der Waals surface area contributed by atoms with Crippen LogP contribution in [0, 0.1) is 0 Å². The maximum Gasteiger partial charge on any atom is 0.336 e. The van der Waals surface area contributed by atoms with Gasteiger partial charge in [-0.2, -0.15) is 0 Å². The number of carbonyl (C=O) groups is 1. The van der Waals surface area contributed by atoms with Crippen LogP contribution < -0.4 is 24.4 Å². The zero-order valence-corrected chi connectivity index (χ0v) is 32.9. The van der Waals surface area contributed by atoms with Gasteiger partial charge >= 0.3 is 11.8 Å². The Bertz CT molecular complexity index is 2390. The van der Waals surface area contributed by atoms with Crippen LogP contribution in [0.3, 0.4) is 0 Å². The fraction of sp³-hybridized carbons (Fsp3) is 0.372.